The lowest BCUT2D eigenvalue weighted by Gasteiger charge is -2.10. The van der Waals surface area contributed by atoms with Crippen molar-refractivity contribution in [3.8, 4) is 0 Å². The summed E-state index contributed by atoms with van der Waals surface area (Å²) in [5.74, 6) is -0.0663. The van der Waals surface area contributed by atoms with Gasteiger partial charge in [0.15, 0.2) is 0 Å². The predicted octanol–water partition coefficient (Wildman–Crippen LogP) is 3.45. The minimum atomic E-state index is -0.0663. The molecule has 1 aromatic heterocycles. The molecule has 0 aliphatic carbocycles. The second-order valence-electron chi connectivity index (χ2n) is 5.55. The molecule has 3 nitrogen and oxygen atoms in total. The highest BCUT2D eigenvalue weighted by atomic mass is 32.1. The average molecular weight is 314 g/mol. The third-order valence-corrected chi connectivity index (χ3v) is 4.11. The molecule has 0 aliphatic heterocycles. The van der Waals surface area contributed by atoms with E-state index in [-0.39, 0.29) is 5.91 Å². The van der Waals surface area contributed by atoms with Crippen molar-refractivity contribution in [2.75, 3.05) is 14.1 Å². The van der Waals surface area contributed by atoms with Gasteiger partial charge < -0.3 is 10.2 Å². The van der Waals surface area contributed by atoms with Crippen molar-refractivity contribution in [1.29, 1.82) is 0 Å². The topological polar surface area (TPSA) is 32.3 Å². The first-order valence-electron chi connectivity index (χ1n) is 7.28. The molecule has 0 saturated carbocycles. The number of thiophene rings is 1. The number of nitrogens with zero attached hydrogens (tertiary/aromatic N) is 1. The molecule has 4 heteroatoms. The van der Waals surface area contributed by atoms with E-state index in [0.29, 0.717) is 6.54 Å². The quantitative estimate of drug-likeness (QED) is 0.828. The molecular formula is C18H22N2OS. The van der Waals surface area contributed by atoms with Crippen LogP contribution in [0, 0.1) is 6.92 Å². The van der Waals surface area contributed by atoms with Gasteiger partial charge >= 0.3 is 0 Å². The number of rotatable bonds is 6. The van der Waals surface area contributed by atoms with Crippen LogP contribution in [-0.4, -0.2) is 24.9 Å². The van der Waals surface area contributed by atoms with Crippen LogP contribution in [0.3, 0.4) is 0 Å². The number of hydrogen-bond acceptors (Lipinski definition) is 3. The number of amides is 1. The molecule has 0 atom stereocenters. The molecule has 0 radical (unpaired) electrons. The van der Waals surface area contributed by atoms with Gasteiger partial charge in [-0.1, -0.05) is 24.3 Å². The zero-order valence-electron chi connectivity index (χ0n) is 13.3. The SMILES string of the molecule is Cc1ccc(/C=C/C(=O)NCc2ccc(CN(C)C)cc2)s1. The van der Waals surface area contributed by atoms with Gasteiger partial charge in [0, 0.05) is 28.9 Å². The zero-order valence-corrected chi connectivity index (χ0v) is 14.1. The second-order valence-corrected chi connectivity index (χ2v) is 6.87. The van der Waals surface area contributed by atoms with Crippen LogP contribution in [0.1, 0.15) is 20.9 Å². The summed E-state index contributed by atoms with van der Waals surface area (Å²) in [6.45, 7) is 3.53. The van der Waals surface area contributed by atoms with E-state index in [9.17, 15) is 4.79 Å². The summed E-state index contributed by atoms with van der Waals surface area (Å²) in [7, 11) is 4.10. The Bertz CT molecular complexity index is 641. The maximum absolute atomic E-state index is 11.8. The highest BCUT2D eigenvalue weighted by Gasteiger charge is 1.99. The minimum Gasteiger partial charge on any atom is -0.348 e. The molecule has 1 aromatic carbocycles. The zero-order chi connectivity index (χ0) is 15.9. The molecule has 1 amide bonds. The molecule has 2 rings (SSSR count). The Morgan fingerprint density at radius 2 is 1.82 bits per heavy atom. The number of carbonyl (C=O) groups is 1. The third-order valence-electron chi connectivity index (χ3n) is 3.15. The Hall–Kier alpha value is -1.91. The molecule has 1 heterocycles. The summed E-state index contributed by atoms with van der Waals surface area (Å²) in [6, 6.07) is 12.4. The lowest BCUT2D eigenvalue weighted by atomic mass is 10.1. The number of nitrogens with one attached hydrogen (secondary N) is 1. The highest BCUT2D eigenvalue weighted by molar-refractivity contribution is 7.12. The molecule has 0 saturated heterocycles. The molecule has 116 valence electrons. The maximum Gasteiger partial charge on any atom is 0.244 e. The van der Waals surface area contributed by atoms with Crippen LogP contribution < -0.4 is 5.32 Å². The van der Waals surface area contributed by atoms with Crippen LogP contribution >= 0.6 is 11.3 Å². The van der Waals surface area contributed by atoms with Gasteiger partial charge in [0.25, 0.3) is 0 Å². The summed E-state index contributed by atoms with van der Waals surface area (Å²) < 4.78 is 0. The Morgan fingerprint density at radius 3 is 2.41 bits per heavy atom. The first kappa shape index (κ1) is 16.5. The molecule has 2 aromatic rings. The summed E-state index contributed by atoms with van der Waals surface area (Å²) in [6.07, 6.45) is 3.44. The Labute approximate surface area is 136 Å². The molecule has 0 fully saturated rings. The van der Waals surface area contributed by atoms with E-state index in [4.69, 9.17) is 0 Å². The van der Waals surface area contributed by atoms with Gasteiger partial charge in [0.05, 0.1) is 0 Å². The monoisotopic (exact) mass is 314 g/mol. The molecule has 0 unspecified atom stereocenters. The number of benzene rings is 1. The van der Waals surface area contributed by atoms with Crippen molar-refractivity contribution in [3.63, 3.8) is 0 Å². The summed E-state index contributed by atoms with van der Waals surface area (Å²) in [5, 5.41) is 2.90. The van der Waals surface area contributed by atoms with Crippen molar-refractivity contribution < 1.29 is 4.79 Å². The smallest absolute Gasteiger partial charge is 0.244 e. The first-order chi connectivity index (χ1) is 10.5. The maximum atomic E-state index is 11.8. The number of aryl methyl sites for hydroxylation is 1. The van der Waals surface area contributed by atoms with Gasteiger partial charge in [-0.3, -0.25) is 4.79 Å². The van der Waals surface area contributed by atoms with E-state index in [1.165, 1.54) is 10.4 Å². The average Bonchev–Trinajstić information content (AvgIpc) is 2.89. The van der Waals surface area contributed by atoms with Gasteiger partial charge in [-0.2, -0.15) is 0 Å². The van der Waals surface area contributed by atoms with Crippen LogP contribution in [0.4, 0.5) is 0 Å². The number of carbonyl (C=O) groups excluding carboxylic acids is 1. The molecule has 1 N–H and O–H groups in total. The van der Waals surface area contributed by atoms with E-state index >= 15 is 0 Å². The fraction of sp³-hybridized carbons (Fsp3) is 0.278. The van der Waals surface area contributed by atoms with Crippen molar-refractivity contribution in [2.45, 2.75) is 20.0 Å². The van der Waals surface area contributed by atoms with Gasteiger partial charge in [0.1, 0.15) is 0 Å². The minimum absolute atomic E-state index is 0.0663. The lowest BCUT2D eigenvalue weighted by molar-refractivity contribution is -0.116. The van der Waals surface area contributed by atoms with Crippen LogP contribution in [0.15, 0.2) is 42.5 Å². The van der Waals surface area contributed by atoms with E-state index in [0.717, 1.165) is 17.0 Å². The van der Waals surface area contributed by atoms with E-state index in [2.05, 4.69) is 61.6 Å². The van der Waals surface area contributed by atoms with Gasteiger partial charge in [0.2, 0.25) is 5.91 Å². The summed E-state index contributed by atoms with van der Waals surface area (Å²) in [5.41, 5.74) is 2.38. The normalized spacial score (nSPS) is 11.3. The Balaban J connectivity index is 1.82. The molecule has 0 spiro atoms. The standard InChI is InChI=1S/C18H22N2OS/c1-14-4-9-17(22-14)10-11-18(21)19-12-15-5-7-16(8-6-15)13-20(2)3/h4-11H,12-13H2,1-3H3,(H,19,21)/b11-10+. The second kappa shape index (κ2) is 7.92. The Morgan fingerprint density at radius 1 is 1.14 bits per heavy atom. The van der Waals surface area contributed by atoms with Gasteiger partial charge in [-0.25, -0.2) is 0 Å². The summed E-state index contributed by atoms with van der Waals surface area (Å²) >= 11 is 1.68. The van der Waals surface area contributed by atoms with Crippen molar-refractivity contribution >= 4 is 23.3 Å². The van der Waals surface area contributed by atoms with E-state index in [1.807, 2.05) is 12.1 Å². The van der Waals surface area contributed by atoms with Gasteiger partial charge in [-0.05, 0) is 50.4 Å². The van der Waals surface area contributed by atoms with Crippen molar-refractivity contribution in [1.82, 2.24) is 10.2 Å². The fourth-order valence-corrected chi connectivity index (χ4v) is 2.86. The molecule has 0 aliphatic rings. The molecular weight excluding hydrogens is 292 g/mol. The number of hydrogen-bond donors (Lipinski definition) is 1. The molecule has 22 heavy (non-hydrogen) atoms. The van der Waals surface area contributed by atoms with Crippen LogP contribution in [0.2, 0.25) is 0 Å². The fourth-order valence-electron chi connectivity index (χ4n) is 2.08. The Kier molecular flexibility index (Phi) is 5.92. The van der Waals surface area contributed by atoms with Crippen molar-refractivity contribution in [2.24, 2.45) is 0 Å². The van der Waals surface area contributed by atoms with Crippen LogP contribution in [-0.2, 0) is 17.9 Å². The van der Waals surface area contributed by atoms with E-state index < -0.39 is 0 Å². The van der Waals surface area contributed by atoms with Gasteiger partial charge in [-0.15, -0.1) is 11.3 Å². The summed E-state index contributed by atoms with van der Waals surface area (Å²) in [4.78, 5) is 16.3. The largest absolute Gasteiger partial charge is 0.348 e. The highest BCUT2D eigenvalue weighted by Crippen LogP contribution is 2.16. The van der Waals surface area contributed by atoms with Crippen LogP contribution in [0.25, 0.3) is 6.08 Å². The van der Waals surface area contributed by atoms with Crippen LogP contribution in [0.5, 0.6) is 0 Å². The molecule has 0 bridgehead atoms. The predicted molar refractivity (Wildman–Crippen MR) is 93.8 cm³/mol. The van der Waals surface area contributed by atoms with Crippen molar-refractivity contribution in [3.05, 3.63) is 63.4 Å². The first-order valence-corrected chi connectivity index (χ1v) is 8.09. The van der Waals surface area contributed by atoms with E-state index in [1.54, 1.807) is 17.4 Å². The lowest BCUT2D eigenvalue weighted by Crippen LogP contribution is -2.20. The third kappa shape index (κ3) is 5.47.